The summed E-state index contributed by atoms with van der Waals surface area (Å²) >= 11 is 0. The van der Waals surface area contributed by atoms with Crippen molar-refractivity contribution in [3.63, 3.8) is 0 Å². The van der Waals surface area contributed by atoms with Crippen molar-refractivity contribution in [2.75, 3.05) is 18.0 Å². The molecule has 100 valence electrons. The second-order valence-electron chi connectivity index (χ2n) is 6.10. The molecular formula is C13H23N5. The van der Waals surface area contributed by atoms with E-state index >= 15 is 0 Å². The minimum absolute atomic E-state index is 0.211. The minimum Gasteiger partial charge on any atom is -0.338 e. The Morgan fingerprint density at radius 2 is 2.11 bits per heavy atom. The molecule has 1 aliphatic carbocycles. The Bertz CT molecular complexity index is 407. The summed E-state index contributed by atoms with van der Waals surface area (Å²) in [5.74, 6) is 1.91. The smallest absolute Gasteiger partial charge is 0.244 e. The topological polar surface area (TPSA) is 70.8 Å². The summed E-state index contributed by atoms with van der Waals surface area (Å²) in [6.07, 6.45) is 7.32. The molecule has 1 aromatic rings. The molecule has 2 fully saturated rings. The first kappa shape index (κ1) is 12.0. The average Bonchev–Trinajstić information content (AvgIpc) is 2.98. The number of hydrogen-bond acceptors (Lipinski definition) is 4. The van der Waals surface area contributed by atoms with E-state index in [0.29, 0.717) is 0 Å². The van der Waals surface area contributed by atoms with Crippen molar-refractivity contribution in [2.24, 2.45) is 5.73 Å². The van der Waals surface area contributed by atoms with Crippen molar-refractivity contribution in [1.82, 2.24) is 15.2 Å². The number of aromatic amines is 1. The van der Waals surface area contributed by atoms with E-state index < -0.39 is 0 Å². The van der Waals surface area contributed by atoms with Gasteiger partial charge in [0.05, 0.1) is 0 Å². The minimum atomic E-state index is 0.211. The average molecular weight is 249 g/mol. The maximum absolute atomic E-state index is 6.01. The largest absolute Gasteiger partial charge is 0.338 e. The fraction of sp³-hybridized carbons (Fsp3) is 0.846. The third-order valence-electron chi connectivity index (χ3n) is 4.49. The van der Waals surface area contributed by atoms with Crippen LogP contribution in [-0.2, 0) is 5.41 Å². The molecule has 0 amide bonds. The molecular weight excluding hydrogens is 226 g/mol. The Labute approximate surface area is 108 Å². The summed E-state index contributed by atoms with van der Waals surface area (Å²) in [6.45, 7) is 4.21. The Morgan fingerprint density at radius 1 is 1.33 bits per heavy atom. The van der Waals surface area contributed by atoms with Crippen molar-refractivity contribution >= 4 is 5.95 Å². The summed E-state index contributed by atoms with van der Waals surface area (Å²) in [7, 11) is 0. The molecule has 3 rings (SSSR count). The van der Waals surface area contributed by atoms with Crippen LogP contribution in [0.4, 0.5) is 5.95 Å². The predicted octanol–water partition coefficient (Wildman–Crippen LogP) is 1.56. The van der Waals surface area contributed by atoms with Gasteiger partial charge in [-0.25, -0.2) is 0 Å². The van der Waals surface area contributed by atoms with E-state index in [1.165, 1.54) is 25.7 Å². The molecule has 0 radical (unpaired) electrons. The molecule has 2 aliphatic rings. The van der Waals surface area contributed by atoms with Gasteiger partial charge in [-0.05, 0) is 25.7 Å². The van der Waals surface area contributed by atoms with E-state index in [-0.39, 0.29) is 11.5 Å². The van der Waals surface area contributed by atoms with Crippen LogP contribution in [0.5, 0.6) is 0 Å². The number of nitrogens with one attached hydrogen (secondary N) is 1. The van der Waals surface area contributed by atoms with Gasteiger partial charge in [-0.2, -0.15) is 4.98 Å². The summed E-state index contributed by atoms with van der Waals surface area (Å²) in [5.41, 5.74) is 6.22. The number of hydrogen-bond donors (Lipinski definition) is 2. The van der Waals surface area contributed by atoms with Gasteiger partial charge in [0, 0.05) is 24.5 Å². The fourth-order valence-corrected chi connectivity index (χ4v) is 3.25. The van der Waals surface area contributed by atoms with Gasteiger partial charge in [-0.1, -0.05) is 19.8 Å². The Morgan fingerprint density at radius 3 is 2.83 bits per heavy atom. The van der Waals surface area contributed by atoms with E-state index in [1.54, 1.807) is 0 Å². The normalized spacial score (nSPS) is 27.7. The zero-order valence-corrected chi connectivity index (χ0v) is 11.2. The van der Waals surface area contributed by atoms with E-state index in [1.807, 2.05) is 0 Å². The molecule has 1 atom stereocenters. The van der Waals surface area contributed by atoms with Gasteiger partial charge < -0.3 is 10.6 Å². The number of H-pyrrole nitrogens is 1. The van der Waals surface area contributed by atoms with Crippen LogP contribution in [0, 0.1) is 0 Å². The molecule has 2 heterocycles. The van der Waals surface area contributed by atoms with Crippen LogP contribution in [0.25, 0.3) is 0 Å². The maximum Gasteiger partial charge on any atom is 0.244 e. The number of anilines is 1. The van der Waals surface area contributed by atoms with Crippen LogP contribution in [-0.4, -0.2) is 34.3 Å². The van der Waals surface area contributed by atoms with Crippen LogP contribution >= 0.6 is 0 Å². The highest BCUT2D eigenvalue weighted by Gasteiger charge is 2.34. The molecule has 1 unspecified atom stereocenters. The quantitative estimate of drug-likeness (QED) is 0.834. The molecule has 1 aliphatic heterocycles. The van der Waals surface area contributed by atoms with Gasteiger partial charge in [0.25, 0.3) is 0 Å². The SMILES string of the molecule is CC1(c2nc(N3CCCC(N)C3)n[nH]2)CCCC1. The van der Waals surface area contributed by atoms with Crippen molar-refractivity contribution in [1.29, 1.82) is 0 Å². The summed E-state index contributed by atoms with van der Waals surface area (Å²) in [5, 5.41) is 7.56. The summed E-state index contributed by atoms with van der Waals surface area (Å²) in [6, 6.07) is 0.266. The van der Waals surface area contributed by atoms with Crippen molar-refractivity contribution in [3.8, 4) is 0 Å². The molecule has 3 N–H and O–H groups in total. The predicted molar refractivity (Wildman–Crippen MR) is 71.6 cm³/mol. The molecule has 18 heavy (non-hydrogen) atoms. The van der Waals surface area contributed by atoms with Crippen LogP contribution in [0.1, 0.15) is 51.3 Å². The lowest BCUT2D eigenvalue weighted by Crippen LogP contribution is -2.43. The van der Waals surface area contributed by atoms with Gasteiger partial charge in [0.2, 0.25) is 5.95 Å². The molecule has 0 bridgehead atoms. The van der Waals surface area contributed by atoms with E-state index in [0.717, 1.165) is 37.7 Å². The Balaban J connectivity index is 1.76. The highest BCUT2D eigenvalue weighted by atomic mass is 15.4. The van der Waals surface area contributed by atoms with Crippen molar-refractivity contribution in [3.05, 3.63) is 5.82 Å². The van der Waals surface area contributed by atoms with Gasteiger partial charge in [0.1, 0.15) is 5.82 Å². The van der Waals surface area contributed by atoms with Crippen molar-refractivity contribution < 1.29 is 0 Å². The Hall–Kier alpha value is -1.10. The first-order chi connectivity index (χ1) is 8.67. The van der Waals surface area contributed by atoms with Gasteiger partial charge in [-0.15, -0.1) is 5.10 Å². The van der Waals surface area contributed by atoms with E-state index in [2.05, 4.69) is 22.0 Å². The zero-order chi connectivity index (χ0) is 12.6. The summed E-state index contributed by atoms with van der Waals surface area (Å²) in [4.78, 5) is 6.94. The zero-order valence-electron chi connectivity index (χ0n) is 11.2. The summed E-state index contributed by atoms with van der Waals surface area (Å²) < 4.78 is 0. The van der Waals surface area contributed by atoms with E-state index in [4.69, 9.17) is 10.7 Å². The third kappa shape index (κ3) is 2.11. The van der Waals surface area contributed by atoms with Gasteiger partial charge in [-0.3, -0.25) is 5.10 Å². The number of rotatable bonds is 2. The van der Waals surface area contributed by atoms with Crippen LogP contribution in [0.2, 0.25) is 0 Å². The number of nitrogens with zero attached hydrogens (tertiary/aromatic N) is 3. The molecule has 0 aromatic carbocycles. The molecule has 5 nitrogen and oxygen atoms in total. The third-order valence-corrected chi connectivity index (χ3v) is 4.49. The highest BCUT2D eigenvalue weighted by Crippen LogP contribution is 2.39. The highest BCUT2D eigenvalue weighted by molar-refractivity contribution is 5.31. The first-order valence-corrected chi connectivity index (χ1v) is 7.11. The number of nitrogens with two attached hydrogens (primary N) is 1. The second-order valence-corrected chi connectivity index (χ2v) is 6.10. The van der Waals surface area contributed by atoms with Gasteiger partial charge >= 0.3 is 0 Å². The van der Waals surface area contributed by atoms with Crippen LogP contribution < -0.4 is 10.6 Å². The lowest BCUT2D eigenvalue weighted by atomic mass is 9.88. The first-order valence-electron chi connectivity index (χ1n) is 7.11. The molecule has 1 saturated heterocycles. The van der Waals surface area contributed by atoms with E-state index in [9.17, 15) is 0 Å². The molecule has 5 heteroatoms. The maximum atomic E-state index is 6.01. The lowest BCUT2D eigenvalue weighted by Gasteiger charge is -2.29. The lowest BCUT2D eigenvalue weighted by molar-refractivity contribution is 0.460. The molecule has 1 saturated carbocycles. The number of piperidine rings is 1. The Kier molecular flexibility index (Phi) is 3.01. The molecule has 0 spiro atoms. The van der Waals surface area contributed by atoms with Crippen molar-refractivity contribution in [2.45, 2.75) is 56.9 Å². The number of aromatic nitrogens is 3. The standard InChI is InChI=1S/C13H23N5/c1-13(6-2-3-7-13)11-15-12(17-16-11)18-8-4-5-10(14)9-18/h10H,2-9,14H2,1H3,(H,15,16,17). The second kappa shape index (κ2) is 4.53. The van der Waals surface area contributed by atoms with Crippen LogP contribution in [0.3, 0.4) is 0 Å². The monoisotopic (exact) mass is 249 g/mol. The van der Waals surface area contributed by atoms with Gasteiger partial charge in [0.15, 0.2) is 0 Å². The fourth-order valence-electron chi connectivity index (χ4n) is 3.25. The van der Waals surface area contributed by atoms with Crippen LogP contribution in [0.15, 0.2) is 0 Å². The molecule has 1 aromatic heterocycles.